The molecule has 1 aliphatic rings. The van der Waals surface area contributed by atoms with E-state index in [2.05, 4.69) is 35.3 Å². The van der Waals surface area contributed by atoms with Gasteiger partial charge in [-0.15, -0.1) is 5.10 Å². The smallest absolute Gasteiger partial charge is 0.284 e. The number of aromatic nitrogens is 2. The molecule has 0 bridgehead atoms. The van der Waals surface area contributed by atoms with Crippen molar-refractivity contribution in [1.82, 2.24) is 10.2 Å². The standard InChI is InChI=1S/C14H16N2OS/c1-9(7-13-15-16-14(18)17-13)11-6-5-10-3-2-4-12(10)8-11/h5-6,8-9H,2-4,7H2,1H3,(H,16,18). The van der Waals surface area contributed by atoms with Crippen molar-refractivity contribution >= 4 is 12.2 Å². The summed E-state index contributed by atoms with van der Waals surface area (Å²) in [6.07, 6.45) is 4.53. The summed E-state index contributed by atoms with van der Waals surface area (Å²) < 4.78 is 5.32. The Kier molecular flexibility index (Phi) is 3.04. The number of aromatic amines is 1. The molecular formula is C14H16N2OS. The van der Waals surface area contributed by atoms with Crippen LogP contribution in [0.2, 0.25) is 0 Å². The van der Waals surface area contributed by atoms with Crippen molar-refractivity contribution in [2.45, 2.75) is 38.5 Å². The molecule has 3 rings (SSSR count). The molecule has 0 saturated carbocycles. The molecule has 1 atom stereocenters. The summed E-state index contributed by atoms with van der Waals surface area (Å²) >= 11 is 4.88. The van der Waals surface area contributed by atoms with Crippen LogP contribution < -0.4 is 0 Å². The third-order valence-corrected chi connectivity index (χ3v) is 3.83. The Morgan fingerprint density at radius 2 is 2.22 bits per heavy atom. The largest absolute Gasteiger partial charge is 0.414 e. The Hall–Kier alpha value is -1.42. The number of benzene rings is 1. The van der Waals surface area contributed by atoms with E-state index in [1.54, 1.807) is 0 Å². The van der Waals surface area contributed by atoms with Crippen molar-refractivity contribution in [2.75, 3.05) is 0 Å². The Morgan fingerprint density at radius 1 is 1.39 bits per heavy atom. The highest BCUT2D eigenvalue weighted by Crippen LogP contribution is 2.27. The third kappa shape index (κ3) is 2.25. The molecule has 2 aromatic rings. The fraction of sp³-hybridized carbons (Fsp3) is 0.429. The van der Waals surface area contributed by atoms with Gasteiger partial charge >= 0.3 is 0 Å². The van der Waals surface area contributed by atoms with Crippen molar-refractivity contribution in [2.24, 2.45) is 0 Å². The first kappa shape index (κ1) is 11.7. The van der Waals surface area contributed by atoms with Crippen LogP contribution in [0.25, 0.3) is 0 Å². The highest BCUT2D eigenvalue weighted by molar-refractivity contribution is 7.71. The van der Waals surface area contributed by atoms with E-state index in [0.717, 1.165) is 6.42 Å². The first-order chi connectivity index (χ1) is 8.72. The zero-order chi connectivity index (χ0) is 12.5. The zero-order valence-corrected chi connectivity index (χ0v) is 11.2. The molecule has 18 heavy (non-hydrogen) atoms. The summed E-state index contributed by atoms with van der Waals surface area (Å²) in [4.78, 5) is 0.353. The third-order valence-electron chi connectivity index (χ3n) is 3.65. The Morgan fingerprint density at radius 3 is 3.00 bits per heavy atom. The van der Waals surface area contributed by atoms with Gasteiger partial charge in [0.25, 0.3) is 4.84 Å². The average Bonchev–Trinajstić information content (AvgIpc) is 2.96. The molecule has 1 unspecified atom stereocenters. The van der Waals surface area contributed by atoms with Gasteiger partial charge in [0, 0.05) is 6.42 Å². The molecule has 0 saturated heterocycles. The molecule has 1 aromatic carbocycles. The number of aryl methyl sites for hydroxylation is 2. The van der Waals surface area contributed by atoms with Gasteiger partial charge in [0.1, 0.15) is 0 Å². The molecule has 4 heteroatoms. The summed E-state index contributed by atoms with van der Waals surface area (Å²) in [6.45, 7) is 2.20. The van der Waals surface area contributed by atoms with Crippen LogP contribution in [-0.4, -0.2) is 10.2 Å². The van der Waals surface area contributed by atoms with Crippen LogP contribution >= 0.6 is 12.2 Å². The molecular weight excluding hydrogens is 244 g/mol. The molecule has 3 nitrogen and oxygen atoms in total. The number of nitrogens with one attached hydrogen (secondary N) is 1. The van der Waals surface area contributed by atoms with Gasteiger partial charge in [-0.05, 0) is 54.1 Å². The fourth-order valence-electron chi connectivity index (χ4n) is 2.63. The van der Waals surface area contributed by atoms with Gasteiger partial charge in [0.15, 0.2) is 0 Å². The lowest BCUT2D eigenvalue weighted by atomic mass is 9.94. The summed E-state index contributed by atoms with van der Waals surface area (Å²) in [5.74, 6) is 1.09. The Balaban J connectivity index is 1.80. The van der Waals surface area contributed by atoms with E-state index < -0.39 is 0 Å². The molecule has 94 valence electrons. The van der Waals surface area contributed by atoms with Crippen molar-refractivity contribution in [1.29, 1.82) is 0 Å². The summed E-state index contributed by atoms with van der Waals surface area (Å²) in [7, 11) is 0. The molecule has 1 heterocycles. The number of rotatable bonds is 3. The molecule has 1 N–H and O–H groups in total. The predicted octanol–water partition coefficient (Wildman–Crippen LogP) is 3.57. The van der Waals surface area contributed by atoms with E-state index >= 15 is 0 Å². The minimum absolute atomic E-state index is 0.353. The summed E-state index contributed by atoms with van der Waals surface area (Å²) in [6, 6.07) is 6.85. The molecule has 0 fully saturated rings. The number of fused-ring (bicyclic) bond motifs is 1. The van der Waals surface area contributed by atoms with Crippen molar-refractivity contribution in [3.63, 3.8) is 0 Å². The topological polar surface area (TPSA) is 41.8 Å². The van der Waals surface area contributed by atoms with Crippen LogP contribution in [0, 0.1) is 4.84 Å². The molecule has 1 aliphatic carbocycles. The lowest BCUT2D eigenvalue weighted by Gasteiger charge is -2.11. The predicted molar refractivity (Wildman–Crippen MR) is 72.3 cm³/mol. The number of nitrogens with zero attached hydrogens (tertiary/aromatic N) is 1. The van der Waals surface area contributed by atoms with E-state index in [1.807, 2.05) is 0 Å². The monoisotopic (exact) mass is 260 g/mol. The second kappa shape index (κ2) is 4.69. The summed E-state index contributed by atoms with van der Waals surface area (Å²) in [5, 5.41) is 6.72. The van der Waals surface area contributed by atoms with Crippen molar-refractivity contribution in [3.8, 4) is 0 Å². The van der Waals surface area contributed by atoms with Gasteiger partial charge in [0.05, 0.1) is 0 Å². The van der Waals surface area contributed by atoms with Crippen LogP contribution in [0.3, 0.4) is 0 Å². The quantitative estimate of drug-likeness (QED) is 0.858. The van der Waals surface area contributed by atoms with Crippen molar-refractivity contribution in [3.05, 3.63) is 45.6 Å². The average molecular weight is 260 g/mol. The van der Waals surface area contributed by atoms with Gasteiger partial charge in [-0.25, -0.2) is 5.10 Å². The molecule has 0 amide bonds. The van der Waals surface area contributed by atoms with Gasteiger partial charge in [0.2, 0.25) is 5.89 Å². The number of hydrogen-bond acceptors (Lipinski definition) is 3. The van der Waals surface area contributed by atoms with Crippen LogP contribution in [0.1, 0.15) is 41.8 Å². The van der Waals surface area contributed by atoms with Gasteiger partial charge in [-0.1, -0.05) is 25.1 Å². The zero-order valence-electron chi connectivity index (χ0n) is 10.4. The van der Waals surface area contributed by atoms with Gasteiger partial charge in [-0.2, -0.15) is 0 Å². The molecule has 0 spiro atoms. The van der Waals surface area contributed by atoms with Crippen LogP contribution in [0.4, 0.5) is 0 Å². The normalized spacial score (nSPS) is 15.6. The van der Waals surface area contributed by atoms with Crippen LogP contribution in [0.5, 0.6) is 0 Å². The lowest BCUT2D eigenvalue weighted by molar-refractivity contribution is 0.466. The molecule has 0 radical (unpaired) electrons. The second-order valence-corrected chi connectivity index (χ2v) is 5.36. The highest BCUT2D eigenvalue weighted by Gasteiger charge is 2.15. The van der Waals surface area contributed by atoms with Gasteiger partial charge in [-0.3, -0.25) is 0 Å². The Bertz CT molecular complexity index is 614. The molecule has 1 aromatic heterocycles. The van der Waals surface area contributed by atoms with Gasteiger partial charge < -0.3 is 4.42 Å². The second-order valence-electron chi connectivity index (χ2n) is 4.99. The van der Waals surface area contributed by atoms with E-state index in [0.29, 0.717) is 16.6 Å². The molecule has 0 aliphatic heterocycles. The minimum Gasteiger partial charge on any atom is -0.414 e. The maximum Gasteiger partial charge on any atom is 0.284 e. The lowest BCUT2D eigenvalue weighted by Crippen LogP contribution is -2.00. The maximum absolute atomic E-state index is 5.32. The number of hydrogen-bond donors (Lipinski definition) is 1. The van der Waals surface area contributed by atoms with E-state index in [9.17, 15) is 0 Å². The first-order valence-corrected chi connectivity index (χ1v) is 6.79. The van der Waals surface area contributed by atoms with E-state index in [4.69, 9.17) is 16.6 Å². The van der Waals surface area contributed by atoms with E-state index in [-0.39, 0.29) is 0 Å². The van der Waals surface area contributed by atoms with Crippen molar-refractivity contribution < 1.29 is 4.42 Å². The Labute approximate surface area is 111 Å². The van der Waals surface area contributed by atoms with Crippen LogP contribution in [0.15, 0.2) is 22.6 Å². The SMILES string of the molecule is CC(Cc1n[nH]c(=S)o1)c1ccc2c(c1)CCC2. The maximum atomic E-state index is 5.32. The minimum atomic E-state index is 0.353. The number of H-pyrrole nitrogens is 1. The van der Waals surface area contributed by atoms with Crippen LogP contribution in [-0.2, 0) is 19.3 Å². The van der Waals surface area contributed by atoms with E-state index in [1.165, 1.54) is 36.0 Å². The fourth-order valence-corrected chi connectivity index (χ4v) is 2.77. The highest BCUT2D eigenvalue weighted by atomic mass is 32.1. The first-order valence-electron chi connectivity index (χ1n) is 6.38. The summed E-state index contributed by atoms with van der Waals surface area (Å²) in [5.41, 5.74) is 4.39.